The quantitative estimate of drug-likeness (QED) is 0.171. The summed E-state index contributed by atoms with van der Waals surface area (Å²) in [5.41, 5.74) is 8.35. The molecule has 0 aliphatic carbocycles. The molecule has 0 N–H and O–H groups in total. The number of thiophene rings is 3. The molecule has 0 unspecified atom stereocenters. The summed E-state index contributed by atoms with van der Waals surface area (Å²) in [6.45, 7) is 0. The van der Waals surface area contributed by atoms with Crippen LogP contribution in [0.3, 0.4) is 0 Å². The lowest BCUT2D eigenvalue weighted by Crippen LogP contribution is -2.10. The van der Waals surface area contributed by atoms with E-state index in [0.717, 1.165) is 11.4 Å². The molecule has 0 spiro atoms. The molecule has 0 saturated carbocycles. The molecule has 0 bridgehead atoms. The van der Waals surface area contributed by atoms with Gasteiger partial charge in [0.2, 0.25) is 0 Å². The Morgan fingerprint density at radius 3 is 1.23 bits per heavy atom. The predicted molar refractivity (Wildman–Crippen MR) is 231 cm³/mol. The van der Waals surface area contributed by atoms with Crippen LogP contribution in [0.5, 0.6) is 0 Å². The molecule has 0 aliphatic rings. The highest BCUT2D eigenvalue weighted by atomic mass is 32.1. The van der Waals surface area contributed by atoms with Crippen molar-refractivity contribution in [1.82, 2.24) is 0 Å². The Kier molecular flexibility index (Phi) is 6.84. The Bertz CT molecular complexity index is 2970. The molecule has 0 saturated heterocycles. The molecule has 11 aromatic rings. The highest BCUT2D eigenvalue weighted by Crippen LogP contribution is 2.46. The van der Waals surface area contributed by atoms with E-state index in [0.29, 0.717) is 0 Å². The molecule has 3 aromatic heterocycles. The lowest BCUT2D eigenvalue weighted by molar-refractivity contribution is 1.30. The fraction of sp³-hybridized carbons (Fsp3) is 0. The molecule has 1 nitrogen and oxygen atoms in total. The van der Waals surface area contributed by atoms with E-state index in [1.54, 1.807) is 0 Å². The molecule has 244 valence electrons. The molecule has 3 heterocycles. The van der Waals surface area contributed by atoms with Crippen LogP contribution in [0.2, 0.25) is 0 Å². The molecule has 0 amide bonds. The number of hydrogen-bond donors (Lipinski definition) is 0. The Morgan fingerprint density at radius 2 is 0.692 bits per heavy atom. The molecular weight excluding hydrogens is 687 g/mol. The lowest BCUT2D eigenvalue weighted by atomic mass is 10.0. The fourth-order valence-electron chi connectivity index (χ4n) is 7.79. The maximum absolute atomic E-state index is 2.43. The normalized spacial score (nSPS) is 11.8. The molecule has 11 rings (SSSR count). The zero-order chi connectivity index (χ0) is 34.2. The van der Waals surface area contributed by atoms with E-state index in [9.17, 15) is 0 Å². The fourth-order valence-corrected chi connectivity index (χ4v) is 11.1. The zero-order valence-electron chi connectivity index (χ0n) is 27.9. The van der Waals surface area contributed by atoms with Crippen LogP contribution in [0, 0.1) is 0 Å². The van der Waals surface area contributed by atoms with Gasteiger partial charge < -0.3 is 4.90 Å². The molecule has 0 atom stereocenters. The van der Waals surface area contributed by atoms with Crippen LogP contribution in [0.1, 0.15) is 0 Å². The van der Waals surface area contributed by atoms with Gasteiger partial charge >= 0.3 is 0 Å². The summed E-state index contributed by atoms with van der Waals surface area (Å²) in [4.78, 5) is 2.43. The molecule has 52 heavy (non-hydrogen) atoms. The molecular formula is C48H29NS3. The Labute approximate surface area is 312 Å². The van der Waals surface area contributed by atoms with Gasteiger partial charge in [-0.2, -0.15) is 0 Å². The van der Waals surface area contributed by atoms with Gasteiger partial charge in [0.25, 0.3) is 0 Å². The number of nitrogens with zero attached hydrogens (tertiary/aromatic N) is 1. The van der Waals surface area contributed by atoms with Crippen molar-refractivity contribution in [3.8, 4) is 22.3 Å². The van der Waals surface area contributed by atoms with Gasteiger partial charge in [0.05, 0.1) is 5.69 Å². The van der Waals surface area contributed by atoms with Crippen LogP contribution >= 0.6 is 34.0 Å². The maximum Gasteiger partial charge on any atom is 0.0554 e. The van der Waals surface area contributed by atoms with Crippen molar-refractivity contribution in [3.05, 3.63) is 176 Å². The van der Waals surface area contributed by atoms with Crippen molar-refractivity contribution in [3.63, 3.8) is 0 Å². The summed E-state index contributed by atoms with van der Waals surface area (Å²) in [5.74, 6) is 0. The van der Waals surface area contributed by atoms with Crippen molar-refractivity contribution in [1.29, 1.82) is 0 Å². The predicted octanol–water partition coefficient (Wildman–Crippen LogP) is 15.6. The average molecular weight is 716 g/mol. The van der Waals surface area contributed by atoms with Gasteiger partial charge in [-0.25, -0.2) is 0 Å². The van der Waals surface area contributed by atoms with Crippen molar-refractivity contribution in [2.75, 3.05) is 4.90 Å². The number of rotatable bonds is 5. The molecule has 8 aromatic carbocycles. The van der Waals surface area contributed by atoms with Crippen LogP contribution in [0.15, 0.2) is 176 Å². The first kappa shape index (κ1) is 29.9. The van der Waals surface area contributed by atoms with Crippen LogP contribution in [0.25, 0.3) is 82.8 Å². The zero-order valence-corrected chi connectivity index (χ0v) is 30.4. The Morgan fingerprint density at radius 1 is 0.288 bits per heavy atom. The Balaban J connectivity index is 1.03. The minimum atomic E-state index is 1.13. The number of benzene rings is 8. The van der Waals surface area contributed by atoms with Crippen molar-refractivity contribution >= 4 is 112 Å². The van der Waals surface area contributed by atoms with Gasteiger partial charge in [0, 0.05) is 71.9 Å². The van der Waals surface area contributed by atoms with Gasteiger partial charge in [-0.1, -0.05) is 97.1 Å². The molecule has 0 radical (unpaired) electrons. The first-order chi connectivity index (χ1) is 25.7. The highest BCUT2D eigenvalue weighted by Gasteiger charge is 2.19. The highest BCUT2D eigenvalue weighted by molar-refractivity contribution is 7.26. The van der Waals surface area contributed by atoms with Gasteiger partial charge in [-0.15, -0.1) is 34.0 Å². The van der Waals surface area contributed by atoms with E-state index in [-0.39, 0.29) is 0 Å². The first-order valence-electron chi connectivity index (χ1n) is 17.5. The largest absolute Gasteiger partial charge is 0.310 e. The van der Waals surface area contributed by atoms with E-state index in [4.69, 9.17) is 0 Å². The molecule has 4 heteroatoms. The molecule has 0 fully saturated rings. The van der Waals surface area contributed by atoms with E-state index in [1.165, 1.54) is 88.5 Å². The van der Waals surface area contributed by atoms with E-state index >= 15 is 0 Å². The van der Waals surface area contributed by atoms with Crippen molar-refractivity contribution in [2.45, 2.75) is 0 Å². The van der Waals surface area contributed by atoms with E-state index in [2.05, 4.69) is 181 Å². The summed E-state index contributed by atoms with van der Waals surface area (Å²) in [6.07, 6.45) is 0. The Hall–Kier alpha value is -5.78. The standard InChI is InChI=1S/C48H29NS3/c1-4-12-42-36(8-1)39-28-32(20-26-45(39)50-42)30-16-22-34(23-17-30)49(41-11-7-15-47-48(41)38-10-3-6-14-44(38)52-47)35-24-18-31(19-25-35)33-21-27-46-40(29-33)37-9-2-5-13-43(37)51-46/h1-29H. The topological polar surface area (TPSA) is 3.24 Å². The van der Waals surface area contributed by atoms with Crippen molar-refractivity contribution in [2.24, 2.45) is 0 Å². The third kappa shape index (κ3) is 4.80. The van der Waals surface area contributed by atoms with Gasteiger partial charge in [0.1, 0.15) is 0 Å². The number of anilines is 3. The second-order valence-corrected chi connectivity index (χ2v) is 16.5. The second kappa shape index (κ2) is 11.9. The van der Waals surface area contributed by atoms with Gasteiger partial charge in [-0.3, -0.25) is 0 Å². The van der Waals surface area contributed by atoms with Crippen LogP contribution in [0.4, 0.5) is 17.1 Å². The summed E-state index contributed by atoms with van der Waals surface area (Å²) >= 11 is 5.59. The first-order valence-corrected chi connectivity index (χ1v) is 19.9. The SMILES string of the molecule is c1ccc2c(c1)sc1ccc(-c3ccc(N(c4ccc(-c5ccc6sc7ccccc7c6c5)cc4)c4cccc5sc6ccccc6c45)cc3)cc12. The monoisotopic (exact) mass is 715 g/mol. The smallest absolute Gasteiger partial charge is 0.0554 e. The van der Waals surface area contributed by atoms with Gasteiger partial charge in [-0.05, 0) is 101 Å². The van der Waals surface area contributed by atoms with Crippen LogP contribution < -0.4 is 4.90 Å². The third-order valence-electron chi connectivity index (χ3n) is 10.3. The number of hydrogen-bond acceptors (Lipinski definition) is 4. The second-order valence-electron chi connectivity index (χ2n) is 13.3. The average Bonchev–Trinajstić information content (AvgIpc) is 3.89. The molecule has 0 aliphatic heterocycles. The summed E-state index contributed by atoms with van der Waals surface area (Å²) in [6, 6.07) is 65.0. The van der Waals surface area contributed by atoms with Crippen molar-refractivity contribution < 1.29 is 0 Å². The van der Waals surface area contributed by atoms with Crippen LogP contribution in [-0.4, -0.2) is 0 Å². The summed E-state index contributed by atoms with van der Waals surface area (Å²) in [5, 5.41) is 7.90. The number of fused-ring (bicyclic) bond motifs is 9. The maximum atomic E-state index is 2.43. The van der Waals surface area contributed by atoms with Gasteiger partial charge in [0.15, 0.2) is 0 Å². The lowest BCUT2D eigenvalue weighted by Gasteiger charge is -2.27. The van der Waals surface area contributed by atoms with E-state index in [1.807, 2.05) is 34.0 Å². The summed E-state index contributed by atoms with van der Waals surface area (Å²) < 4.78 is 7.93. The van der Waals surface area contributed by atoms with Crippen LogP contribution in [-0.2, 0) is 0 Å². The van der Waals surface area contributed by atoms with E-state index < -0.39 is 0 Å². The minimum Gasteiger partial charge on any atom is -0.310 e. The third-order valence-corrected chi connectivity index (χ3v) is 13.7. The minimum absolute atomic E-state index is 1.13. The summed E-state index contributed by atoms with van der Waals surface area (Å²) in [7, 11) is 0.